The van der Waals surface area contributed by atoms with Crippen molar-refractivity contribution >= 4 is 29.9 Å². The van der Waals surface area contributed by atoms with E-state index in [-0.39, 0.29) is 29.4 Å². The molecule has 1 aliphatic heterocycles. The van der Waals surface area contributed by atoms with Crippen molar-refractivity contribution in [1.29, 1.82) is 0 Å². The number of rotatable bonds is 5. The summed E-state index contributed by atoms with van der Waals surface area (Å²) in [5, 5.41) is 7.90. The highest BCUT2D eigenvalue weighted by molar-refractivity contribution is 14.0. The highest BCUT2D eigenvalue weighted by atomic mass is 127. The van der Waals surface area contributed by atoms with E-state index in [9.17, 15) is 0 Å². The van der Waals surface area contributed by atoms with Crippen LogP contribution in [-0.4, -0.2) is 46.8 Å². The lowest BCUT2D eigenvalue weighted by atomic mass is 9.79. The van der Waals surface area contributed by atoms with Crippen LogP contribution in [0.25, 0.3) is 0 Å². The lowest BCUT2D eigenvalue weighted by Gasteiger charge is -2.29. The second-order valence-electron chi connectivity index (χ2n) is 8.40. The van der Waals surface area contributed by atoms with Gasteiger partial charge in [0, 0.05) is 44.2 Å². The standard InChI is InChI=1S/C23H33N5.HI/c1-3-24-22(28-14-11-19(17-28)20-15-26-27(2)16-20)25-18-23(12-7-8-13-23)21-9-5-4-6-10-21;/h4-6,9-10,15-16,19H,3,7-8,11-14,17-18H2,1-2H3,(H,24,25);1H. The van der Waals surface area contributed by atoms with E-state index in [1.807, 2.05) is 17.9 Å². The first-order valence-corrected chi connectivity index (χ1v) is 10.8. The maximum atomic E-state index is 5.17. The van der Waals surface area contributed by atoms with Crippen LogP contribution in [0.5, 0.6) is 0 Å². The topological polar surface area (TPSA) is 45.5 Å². The summed E-state index contributed by atoms with van der Waals surface area (Å²) in [5.41, 5.74) is 3.02. The summed E-state index contributed by atoms with van der Waals surface area (Å²) >= 11 is 0. The van der Waals surface area contributed by atoms with Crippen LogP contribution in [0.2, 0.25) is 0 Å². The van der Waals surface area contributed by atoms with E-state index >= 15 is 0 Å². The van der Waals surface area contributed by atoms with Crippen LogP contribution in [0.4, 0.5) is 0 Å². The van der Waals surface area contributed by atoms with Gasteiger partial charge in [-0.05, 0) is 37.3 Å². The van der Waals surface area contributed by atoms with Gasteiger partial charge in [0.1, 0.15) is 0 Å². The predicted molar refractivity (Wildman–Crippen MR) is 130 cm³/mol. The molecule has 29 heavy (non-hydrogen) atoms. The molecule has 0 amide bonds. The Labute approximate surface area is 192 Å². The van der Waals surface area contributed by atoms with Gasteiger partial charge in [-0.2, -0.15) is 5.10 Å². The van der Waals surface area contributed by atoms with Gasteiger partial charge in [0.2, 0.25) is 0 Å². The fourth-order valence-electron chi connectivity index (χ4n) is 4.91. The number of hydrogen-bond donors (Lipinski definition) is 1. The molecule has 1 unspecified atom stereocenters. The van der Waals surface area contributed by atoms with Crippen molar-refractivity contribution in [2.24, 2.45) is 12.0 Å². The van der Waals surface area contributed by atoms with Crippen molar-refractivity contribution < 1.29 is 0 Å². The number of hydrogen-bond acceptors (Lipinski definition) is 2. The average molecular weight is 507 g/mol. The number of guanidine groups is 1. The van der Waals surface area contributed by atoms with Gasteiger partial charge in [0.25, 0.3) is 0 Å². The Bertz CT molecular complexity index is 795. The van der Waals surface area contributed by atoms with Gasteiger partial charge in [0.15, 0.2) is 5.96 Å². The molecule has 2 aliphatic rings. The van der Waals surface area contributed by atoms with Crippen molar-refractivity contribution in [3.05, 3.63) is 53.9 Å². The third kappa shape index (κ3) is 4.95. The molecule has 1 aromatic heterocycles. The number of nitrogens with one attached hydrogen (secondary N) is 1. The summed E-state index contributed by atoms with van der Waals surface area (Å²) in [6, 6.07) is 11.0. The molecule has 4 rings (SSSR count). The van der Waals surface area contributed by atoms with Crippen LogP contribution >= 0.6 is 24.0 Å². The van der Waals surface area contributed by atoms with Crippen molar-refractivity contribution in [3.63, 3.8) is 0 Å². The molecule has 0 spiro atoms. The van der Waals surface area contributed by atoms with Crippen molar-refractivity contribution in [2.75, 3.05) is 26.2 Å². The number of aromatic nitrogens is 2. The fourth-order valence-corrected chi connectivity index (χ4v) is 4.91. The maximum Gasteiger partial charge on any atom is 0.193 e. The lowest BCUT2D eigenvalue weighted by molar-refractivity contribution is 0.439. The minimum Gasteiger partial charge on any atom is -0.357 e. The van der Waals surface area contributed by atoms with Crippen molar-refractivity contribution in [2.45, 2.75) is 50.4 Å². The SMILES string of the molecule is CCNC(=NCC1(c2ccccc2)CCCC1)N1CCC(c2cnn(C)c2)C1.I. The van der Waals surface area contributed by atoms with Gasteiger partial charge in [-0.15, -0.1) is 24.0 Å². The molecule has 1 N–H and O–H groups in total. The van der Waals surface area contributed by atoms with Gasteiger partial charge in [-0.3, -0.25) is 9.67 Å². The van der Waals surface area contributed by atoms with Crippen LogP contribution in [0.3, 0.4) is 0 Å². The maximum absolute atomic E-state index is 5.17. The normalized spacial score (nSPS) is 21.2. The molecule has 1 saturated carbocycles. The van der Waals surface area contributed by atoms with Gasteiger partial charge in [-0.25, -0.2) is 0 Å². The highest BCUT2D eigenvalue weighted by Gasteiger charge is 2.36. The summed E-state index contributed by atoms with van der Waals surface area (Å²) in [6.45, 7) is 6.03. The van der Waals surface area contributed by atoms with E-state index in [2.05, 4.69) is 58.8 Å². The molecule has 158 valence electrons. The molecule has 1 saturated heterocycles. The van der Waals surface area contributed by atoms with E-state index in [1.54, 1.807) is 0 Å². The van der Waals surface area contributed by atoms with Crippen molar-refractivity contribution in [1.82, 2.24) is 20.0 Å². The zero-order valence-corrected chi connectivity index (χ0v) is 20.0. The lowest BCUT2D eigenvalue weighted by Crippen LogP contribution is -2.41. The highest BCUT2D eigenvalue weighted by Crippen LogP contribution is 2.41. The average Bonchev–Trinajstić information content (AvgIpc) is 3.47. The summed E-state index contributed by atoms with van der Waals surface area (Å²) in [5.74, 6) is 1.63. The monoisotopic (exact) mass is 507 g/mol. The zero-order valence-electron chi connectivity index (χ0n) is 17.7. The molecule has 0 bridgehead atoms. The van der Waals surface area contributed by atoms with E-state index < -0.39 is 0 Å². The molecular formula is C23H34IN5. The number of benzene rings is 1. The second-order valence-corrected chi connectivity index (χ2v) is 8.40. The van der Waals surface area contributed by atoms with Crippen LogP contribution < -0.4 is 5.32 Å². The van der Waals surface area contributed by atoms with E-state index in [4.69, 9.17) is 4.99 Å². The summed E-state index contributed by atoms with van der Waals surface area (Å²) in [7, 11) is 1.99. The van der Waals surface area contributed by atoms with Gasteiger partial charge >= 0.3 is 0 Å². The largest absolute Gasteiger partial charge is 0.357 e. The number of aliphatic imine (C=N–C) groups is 1. The molecule has 6 heteroatoms. The molecule has 1 aliphatic carbocycles. The third-order valence-electron chi connectivity index (χ3n) is 6.50. The van der Waals surface area contributed by atoms with Gasteiger partial charge in [-0.1, -0.05) is 43.2 Å². The Morgan fingerprint density at radius 1 is 1.24 bits per heavy atom. The Balaban J connectivity index is 0.00000240. The molecule has 0 radical (unpaired) electrons. The number of halogens is 1. The summed E-state index contributed by atoms with van der Waals surface area (Å²) in [6.07, 6.45) is 10.5. The number of nitrogens with zero attached hydrogens (tertiary/aromatic N) is 4. The first kappa shape index (κ1) is 22.1. The minimum absolute atomic E-state index is 0. The molecule has 1 atom stereocenters. The second kappa shape index (κ2) is 9.96. The van der Waals surface area contributed by atoms with Gasteiger partial charge in [0.05, 0.1) is 12.7 Å². The van der Waals surface area contributed by atoms with E-state index in [1.165, 1.54) is 43.2 Å². The van der Waals surface area contributed by atoms with Crippen molar-refractivity contribution in [3.8, 4) is 0 Å². The minimum atomic E-state index is 0. The fraction of sp³-hybridized carbons (Fsp3) is 0.565. The molecule has 2 heterocycles. The smallest absolute Gasteiger partial charge is 0.193 e. The van der Waals surface area contributed by atoms with E-state index in [0.29, 0.717) is 5.92 Å². The Morgan fingerprint density at radius 3 is 2.66 bits per heavy atom. The molecular weight excluding hydrogens is 473 g/mol. The molecule has 2 fully saturated rings. The van der Waals surface area contributed by atoms with Crippen LogP contribution in [0.1, 0.15) is 56.1 Å². The molecule has 1 aromatic carbocycles. The summed E-state index contributed by atoms with van der Waals surface area (Å²) < 4.78 is 1.90. The first-order chi connectivity index (χ1) is 13.7. The Kier molecular flexibility index (Phi) is 7.60. The quantitative estimate of drug-likeness (QED) is 0.373. The Morgan fingerprint density at radius 2 is 2.00 bits per heavy atom. The number of likely N-dealkylation sites (tertiary alicyclic amines) is 1. The predicted octanol–water partition coefficient (Wildman–Crippen LogP) is 4.30. The molecule has 5 nitrogen and oxygen atoms in total. The van der Waals surface area contributed by atoms with E-state index in [0.717, 1.165) is 32.1 Å². The zero-order chi connectivity index (χ0) is 19.4. The van der Waals surface area contributed by atoms with Gasteiger partial charge < -0.3 is 10.2 Å². The molecule has 2 aromatic rings. The third-order valence-corrected chi connectivity index (χ3v) is 6.50. The summed E-state index contributed by atoms with van der Waals surface area (Å²) in [4.78, 5) is 7.61. The number of aryl methyl sites for hydroxylation is 1. The van der Waals surface area contributed by atoms with Crippen LogP contribution in [0.15, 0.2) is 47.7 Å². The first-order valence-electron chi connectivity index (χ1n) is 10.8. The Hall–Kier alpha value is -1.57. The van der Waals surface area contributed by atoms with Crippen LogP contribution in [-0.2, 0) is 12.5 Å². The van der Waals surface area contributed by atoms with Crippen LogP contribution in [0, 0.1) is 0 Å².